The van der Waals surface area contributed by atoms with Gasteiger partial charge >= 0.3 is 0 Å². The van der Waals surface area contributed by atoms with Gasteiger partial charge in [0, 0.05) is 5.56 Å². The van der Waals surface area contributed by atoms with Gasteiger partial charge in [-0.2, -0.15) is 4.98 Å². The Kier molecular flexibility index (Phi) is 4.20. The van der Waals surface area contributed by atoms with Crippen LogP contribution >= 0.6 is 12.4 Å². The summed E-state index contributed by atoms with van der Waals surface area (Å²) in [5, 5.41) is 3.79. The Labute approximate surface area is 104 Å². The van der Waals surface area contributed by atoms with Gasteiger partial charge in [0.05, 0.1) is 6.04 Å². The zero-order valence-corrected chi connectivity index (χ0v) is 10.3. The predicted octanol–water partition coefficient (Wildman–Crippen LogP) is 2.63. The van der Waals surface area contributed by atoms with Crippen molar-refractivity contribution in [2.75, 3.05) is 0 Å². The summed E-state index contributed by atoms with van der Waals surface area (Å²) in [4.78, 5) is 4.13. The fourth-order valence-corrected chi connectivity index (χ4v) is 1.32. The van der Waals surface area contributed by atoms with E-state index in [2.05, 4.69) is 10.1 Å². The second-order valence-corrected chi connectivity index (χ2v) is 3.71. The monoisotopic (exact) mass is 257 g/mol. The number of benzene rings is 1. The first kappa shape index (κ1) is 13.6. The first-order chi connectivity index (χ1) is 7.58. The third-order valence-corrected chi connectivity index (χ3v) is 2.25. The maximum Gasteiger partial charge on any atom is 0.243 e. The number of rotatable bonds is 2. The van der Waals surface area contributed by atoms with Crippen molar-refractivity contribution in [2.24, 2.45) is 5.73 Å². The first-order valence-electron chi connectivity index (χ1n) is 4.93. The molecule has 4 nitrogen and oxygen atoms in total. The summed E-state index contributed by atoms with van der Waals surface area (Å²) in [6.07, 6.45) is 0. The van der Waals surface area contributed by atoms with E-state index in [0.717, 1.165) is 5.56 Å². The van der Waals surface area contributed by atoms with Crippen molar-refractivity contribution in [1.82, 2.24) is 10.1 Å². The highest BCUT2D eigenvalue weighted by molar-refractivity contribution is 5.85. The molecule has 0 fully saturated rings. The van der Waals surface area contributed by atoms with Crippen LogP contribution in [0, 0.1) is 12.7 Å². The minimum atomic E-state index is -0.303. The fraction of sp³-hybridized carbons (Fsp3) is 0.273. The Morgan fingerprint density at radius 3 is 2.65 bits per heavy atom. The number of aromatic nitrogens is 2. The Morgan fingerprint density at radius 2 is 2.12 bits per heavy atom. The summed E-state index contributed by atoms with van der Waals surface area (Å²) < 4.78 is 18.0. The molecule has 2 N–H and O–H groups in total. The molecule has 1 atom stereocenters. The summed E-state index contributed by atoms with van der Waals surface area (Å²) in [5.41, 5.74) is 6.87. The maximum atomic E-state index is 13.1. The molecule has 92 valence electrons. The van der Waals surface area contributed by atoms with Gasteiger partial charge in [-0.25, -0.2) is 4.39 Å². The average molecular weight is 258 g/mol. The summed E-state index contributed by atoms with van der Waals surface area (Å²) in [6, 6.07) is 4.36. The van der Waals surface area contributed by atoms with Crippen LogP contribution in [0.15, 0.2) is 22.7 Å². The lowest BCUT2D eigenvalue weighted by atomic mass is 10.1. The largest absolute Gasteiger partial charge is 0.337 e. The number of nitrogens with zero attached hydrogens (tertiary/aromatic N) is 2. The molecule has 0 bridgehead atoms. The Balaban J connectivity index is 0.00000144. The quantitative estimate of drug-likeness (QED) is 0.898. The number of hydrogen-bond donors (Lipinski definition) is 1. The van der Waals surface area contributed by atoms with Gasteiger partial charge in [-0.15, -0.1) is 12.4 Å². The normalized spacial score (nSPS) is 12.0. The van der Waals surface area contributed by atoms with Gasteiger partial charge in [-0.1, -0.05) is 5.16 Å². The van der Waals surface area contributed by atoms with Crippen LogP contribution in [0.25, 0.3) is 11.4 Å². The van der Waals surface area contributed by atoms with E-state index < -0.39 is 0 Å². The van der Waals surface area contributed by atoms with Crippen LogP contribution in [0.2, 0.25) is 0 Å². The number of hydrogen-bond acceptors (Lipinski definition) is 4. The minimum Gasteiger partial charge on any atom is -0.337 e. The lowest BCUT2D eigenvalue weighted by Crippen LogP contribution is -2.04. The van der Waals surface area contributed by atoms with Crippen LogP contribution in [0.3, 0.4) is 0 Å². The van der Waals surface area contributed by atoms with Crippen LogP contribution in [-0.4, -0.2) is 10.1 Å². The van der Waals surface area contributed by atoms with Crippen molar-refractivity contribution in [3.05, 3.63) is 35.5 Å². The van der Waals surface area contributed by atoms with E-state index in [9.17, 15) is 4.39 Å². The van der Waals surface area contributed by atoms with E-state index in [1.165, 1.54) is 6.07 Å². The zero-order valence-electron chi connectivity index (χ0n) is 9.48. The molecule has 0 aliphatic carbocycles. The molecule has 0 spiro atoms. The molecule has 0 saturated carbocycles. The Bertz CT molecular complexity index is 513. The van der Waals surface area contributed by atoms with Crippen LogP contribution in [0.4, 0.5) is 4.39 Å². The van der Waals surface area contributed by atoms with E-state index in [-0.39, 0.29) is 24.3 Å². The van der Waals surface area contributed by atoms with Crippen molar-refractivity contribution in [1.29, 1.82) is 0 Å². The lowest BCUT2D eigenvalue weighted by molar-refractivity contribution is 0.362. The van der Waals surface area contributed by atoms with E-state index in [4.69, 9.17) is 10.3 Å². The van der Waals surface area contributed by atoms with Crippen LogP contribution < -0.4 is 5.73 Å². The van der Waals surface area contributed by atoms with Crippen LogP contribution in [-0.2, 0) is 0 Å². The van der Waals surface area contributed by atoms with Crippen molar-refractivity contribution < 1.29 is 8.91 Å². The van der Waals surface area contributed by atoms with Crippen LogP contribution in [0.5, 0.6) is 0 Å². The molecule has 2 rings (SSSR count). The van der Waals surface area contributed by atoms with Gasteiger partial charge in [-0.3, -0.25) is 0 Å². The van der Waals surface area contributed by atoms with Crippen LogP contribution in [0.1, 0.15) is 24.4 Å². The minimum absolute atomic E-state index is 0. The number of halogens is 2. The molecular formula is C11H13ClFN3O. The van der Waals surface area contributed by atoms with E-state index >= 15 is 0 Å². The van der Waals surface area contributed by atoms with Gasteiger partial charge in [0.25, 0.3) is 0 Å². The van der Waals surface area contributed by atoms with Gasteiger partial charge in [-0.05, 0) is 37.6 Å². The predicted molar refractivity (Wildman–Crippen MR) is 64.3 cm³/mol. The summed E-state index contributed by atoms with van der Waals surface area (Å²) in [6.45, 7) is 3.44. The molecule has 17 heavy (non-hydrogen) atoms. The van der Waals surface area contributed by atoms with Gasteiger partial charge in [0.1, 0.15) is 5.82 Å². The smallest absolute Gasteiger partial charge is 0.243 e. The number of nitrogens with two attached hydrogens (primary N) is 1. The number of aryl methyl sites for hydroxylation is 1. The summed E-state index contributed by atoms with van der Waals surface area (Å²) in [5.74, 6) is 0.548. The van der Waals surface area contributed by atoms with Crippen molar-refractivity contribution in [3.8, 4) is 11.4 Å². The highest BCUT2D eigenvalue weighted by Gasteiger charge is 2.12. The lowest BCUT2D eigenvalue weighted by Gasteiger charge is -1.98. The first-order valence-corrected chi connectivity index (χ1v) is 4.93. The molecule has 1 heterocycles. The summed E-state index contributed by atoms with van der Waals surface area (Å²) >= 11 is 0. The van der Waals surface area contributed by atoms with Crippen molar-refractivity contribution >= 4 is 12.4 Å². The Morgan fingerprint density at radius 1 is 1.41 bits per heavy atom. The molecule has 0 aliphatic heterocycles. The molecule has 0 radical (unpaired) electrons. The fourth-order valence-electron chi connectivity index (χ4n) is 1.32. The Hall–Kier alpha value is -1.46. The molecule has 1 aromatic carbocycles. The topological polar surface area (TPSA) is 64.9 Å². The van der Waals surface area contributed by atoms with Gasteiger partial charge < -0.3 is 10.3 Å². The van der Waals surface area contributed by atoms with Crippen molar-refractivity contribution in [3.63, 3.8) is 0 Å². The molecule has 0 amide bonds. The molecular weight excluding hydrogens is 245 g/mol. The van der Waals surface area contributed by atoms with Crippen molar-refractivity contribution in [2.45, 2.75) is 19.9 Å². The second kappa shape index (κ2) is 5.25. The van der Waals surface area contributed by atoms with Gasteiger partial charge in [0.15, 0.2) is 0 Å². The standard InChI is InChI=1S/C11H12FN3O.ClH/c1-6-5-8(3-4-9(6)12)10-14-11(7(2)13)16-15-10;/h3-5,7H,13H2,1-2H3;1H/t7-;/m1./s1. The molecule has 0 aliphatic rings. The SMILES string of the molecule is Cc1cc(-c2noc([C@@H](C)N)n2)ccc1F.Cl. The third kappa shape index (κ3) is 2.81. The molecule has 0 unspecified atom stereocenters. The average Bonchev–Trinajstić information content (AvgIpc) is 2.71. The van der Waals surface area contributed by atoms with E-state index in [0.29, 0.717) is 17.3 Å². The summed E-state index contributed by atoms with van der Waals surface area (Å²) in [7, 11) is 0. The van der Waals surface area contributed by atoms with Gasteiger partial charge in [0.2, 0.25) is 11.7 Å². The molecule has 0 saturated heterocycles. The third-order valence-electron chi connectivity index (χ3n) is 2.25. The molecule has 2 aromatic rings. The molecule has 1 aromatic heterocycles. The van der Waals surface area contributed by atoms with E-state index in [1.807, 2.05) is 0 Å². The zero-order chi connectivity index (χ0) is 11.7. The van der Waals surface area contributed by atoms with E-state index in [1.54, 1.807) is 26.0 Å². The highest BCUT2D eigenvalue weighted by atomic mass is 35.5. The highest BCUT2D eigenvalue weighted by Crippen LogP contribution is 2.20. The maximum absolute atomic E-state index is 13.1. The molecule has 6 heteroatoms. The second-order valence-electron chi connectivity index (χ2n) is 3.71.